The van der Waals surface area contributed by atoms with Crippen LogP contribution in [-0.2, 0) is 9.53 Å². The van der Waals surface area contributed by atoms with Crippen molar-refractivity contribution in [2.45, 2.75) is 124 Å². The standard InChI is InChI=1S/C24H46O2/c1-5-9-10-11-12-13-14-15-17-23(25)26-22-16-21-24(18-6-2,19-7-3)20-8-4/h5H,1,6-22H2,2-4H3. The largest absolute Gasteiger partial charge is 0.466 e. The molecule has 0 bridgehead atoms. The van der Waals surface area contributed by atoms with Gasteiger partial charge >= 0.3 is 5.97 Å². The van der Waals surface area contributed by atoms with Crippen molar-refractivity contribution >= 4 is 5.97 Å². The van der Waals surface area contributed by atoms with E-state index in [9.17, 15) is 4.79 Å². The zero-order chi connectivity index (χ0) is 19.5. The van der Waals surface area contributed by atoms with Crippen LogP contribution >= 0.6 is 0 Å². The summed E-state index contributed by atoms with van der Waals surface area (Å²) in [5.41, 5.74) is 0.482. The molecule has 0 aliphatic carbocycles. The first-order chi connectivity index (χ1) is 12.6. The van der Waals surface area contributed by atoms with Gasteiger partial charge in [0.2, 0.25) is 0 Å². The highest BCUT2D eigenvalue weighted by atomic mass is 16.5. The van der Waals surface area contributed by atoms with Crippen molar-refractivity contribution in [3.63, 3.8) is 0 Å². The van der Waals surface area contributed by atoms with Gasteiger partial charge in [-0.2, -0.15) is 0 Å². The van der Waals surface area contributed by atoms with E-state index in [0.717, 1.165) is 25.7 Å². The lowest BCUT2D eigenvalue weighted by Gasteiger charge is -2.33. The van der Waals surface area contributed by atoms with Crippen molar-refractivity contribution in [1.29, 1.82) is 0 Å². The number of carbonyl (C=O) groups is 1. The quantitative estimate of drug-likeness (QED) is 0.131. The number of carbonyl (C=O) groups excluding carboxylic acids is 1. The number of hydrogen-bond donors (Lipinski definition) is 0. The SMILES string of the molecule is C=CCCCCCCCCC(=O)OCCCC(CCC)(CCC)CCC. The predicted octanol–water partition coefficient (Wildman–Crippen LogP) is 8.00. The van der Waals surface area contributed by atoms with Crippen LogP contribution in [0, 0.1) is 5.41 Å². The molecule has 0 amide bonds. The fourth-order valence-electron chi connectivity index (χ4n) is 4.31. The summed E-state index contributed by atoms with van der Waals surface area (Å²) in [7, 11) is 0. The second kappa shape index (κ2) is 17.6. The molecule has 0 aliphatic heterocycles. The molecule has 0 aromatic carbocycles. The number of rotatable bonds is 19. The molecule has 2 nitrogen and oxygen atoms in total. The van der Waals surface area contributed by atoms with Crippen LogP contribution in [0.15, 0.2) is 12.7 Å². The summed E-state index contributed by atoms with van der Waals surface area (Å²) in [6, 6.07) is 0. The highest BCUT2D eigenvalue weighted by Gasteiger charge is 2.26. The van der Waals surface area contributed by atoms with Crippen molar-refractivity contribution < 1.29 is 9.53 Å². The zero-order valence-electron chi connectivity index (χ0n) is 18.1. The number of unbranched alkanes of at least 4 members (excludes halogenated alkanes) is 6. The highest BCUT2D eigenvalue weighted by molar-refractivity contribution is 5.69. The molecule has 0 aromatic rings. The summed E-state index contributed by atoms with van der Waals surface area (Å²) in [5.74, 6) is 0.00346. The fourth-order valence-corrected chi connectivity index (χ4v) is 4.31. The molecule has 26 heavy (non-hydrogen) atoms. The van der Waals surface area contributed by atoms with Crippen LogP contribution in [0.25, 0.3) is 0 Å². The van der Waals surface area contributed by atoms with Crippen LogP contribution in [0.4, 0.5) is 0 Å². The van der Waals surface area contributed by atoms with Crippen LogP contribution in [0.1, 0.15) is 124 Å². The van der Waals surface area contributed by atoms with Crippen LogP contribution in [-0.4, -0.2) is 12.6 Å². The fraction of sp³-hybridized carbons (Fsp3) is 0.875. The molecule has 0 fully saturated rings. The molecule has 0 radical (unpaired) electrons. The minimum atomic E-state index is 0.00346. The van der Waals surface area contributed by atoms with Crippen molar-refractivity contribution in [3.05, 3.63) is 12.7 Å². The third-order valence-corrected chi connectivity index (χ3v) is 5.49. The van der Waals surface area contributed by atoms with E-state index in [1.54, 1.807) is 0 Å². The Balaban J connectivity index is 3.79. The molecular formula is C24H46O2. The number of allylic oxidation sites excluding steroid dienone is 1. The third kappa shape index (κ3) is 13.4. The number of esters is 1. The Morgan fingerprint density at radius 1 is 0.808 bits per heavy atom. The average molecular weight is 367 g/mol. The lowest BCUT2D eigenvalue weighted by atomic mass is 9.72. The minimum Gasteiger partial charge on any atom is -0.466 e. The molecule has 0 saturated carbocycles. The second-order valence-electron chi connectivity index (χ2n) is 8.02. The highest BCUT2D eigenvalue weighted by Crippen LogP contribution is 2.39. The van der Waals surface area contributed by atoms with Crippen LogP contribution in [0.5, 0.6) is 0 Å². The van der Waals surface area contributed by atoms with Gasteiger partial charge in [0.15, 0.2) is 0 Å². The molecule has 0 saturated heterocycles. The first kappa shape index (κ1) is 25.2. The molecular weight excluding hydrogens is 320 g/mol. The van der Waals surface area contributed by atoms with Gasteiger partial charge in [0.1, 0.15) is 0 Å². The molecule has 0 unspecified atom stereocenters. The van der Waals surface area contributed by atoms with Gasteiger partial charge in [0.05, 0.1) is 6.61 Å². The molecule has 0 rings (SSSR count). The van der Waals surface area contributed by atoms with Gasteiger partial charge in [-0.05, 0) is 56.8 Å². The Morgan fingerprint density at radius 3 is 1.88 bits per heavy atom. The Kier molecular flexibility index (Phi) is 17.1. The van der Waals surface area contributed by atoms with E-state index in [2.05, 4.69) is 27.4 Å². The monoisotopic (exact) mass is 366 g/mol. The summed E-state index contributed by atoms with van der Waals surface area (Å²) in [6.07, 6.45) is 20.8. The van der Waals surface area contributed by atoms with Gasteiger partial charge in [-0.15, -0.1) is 6.58 Å². The van der Waals surface area contributed by atoms with E-state index in [0.29, 0.717) is 18.4 Å². The normalized spacial score (nSPS) is 11.5. The van der Waals surface area contributed by atoms with Crippen molar-refractivity contribution in [1.82, 2.24) is 0 Å². The Morgan fingerprint density at radius 2 is 1.35 bits per heavy atom. The summed E-state index contributed by atoms with van der Waals surface area (Å²) >= 11 is 0. The molecule has 0 aliphatic rings. The number of hydrogen-bond acceptors (Lipinski definition) is 2. The van der Waals surface area contributed by atoms with Crippen molar-refractivity contribution in [3.8, 4) is 0 Å². The summed E-state index contributed by atoms with van der Waals surface area (Å²) in [5, 5.41) is 0. The predicted molar refractivity (Wildman–Crippen MR) is 114 cm³/mol. The Bertz CT molecular complexity index is 318. The molecule has 0 heterocycles. The molecule has 0 aromatic heterocycles. The van der Waals surface area contributed by atoms with E-state index in [1.807, 2.05) is 6.08 Å². The number of ether oxygens (including phenoxy) is 1. The maximum absolute atomic E-state index is 11.9. The molecule has 154 valence electrons. The molecule has 2 heteroatoms. The van der Waals surface area contributed by atoms with Gasteiger partial charge in [-0.3, -0.25) is 4.79 Å². The van der Waals surface area contributed by atoms with Crippen LogP contribution < -0.4 is 0 Å². The van der Waals surface area contributed by atoms with E-state index in [1.165, 1.54) is 70.6 Å². The van der Waals surface area contributed by atoms with Crippen LogP contribution in [0.2, 0.25) is 0 Å². The van der Waals surface area contributed by atoms with Gasteiger partial charge in [0.25, 0.3) is 0 Å². The van der Waals surface area contributed by atoms with E-state index in [4.69, 9.17) is 4.74 Å². The van der Waals surface area contributed by atoms with Gasteiger partial charge < -0.3 is 4.74 Å². The first-order valence-electron chi connectivity index (χ1n) is 11.4. The Labute approximate surface area is 164 Å². The zero-order valence-corrected chi connectivity index (χ0v) is 18.1. The second-order valence-corrected chi connectivity index (χ2v) is 8.02. The van der Waals surface area contributed by atoms with Gasteiger partial charge in [-0.1, -0.05) is 71.8 Å². The minimum absolute atomic E-state index is 0.00346. The smallest absolute Gasteiger partial charge is 0.305 e. The van der Waals surface area contributed by atoms with Gasteiger partial charge in [-0.25, -0.2) is 0 Å². The maximum atomic E-state index is 11.9. The van der Waals surface area contributed by atoms with Crippen LogP contribution in [0.3, 0.4) is 0 Å². The average Bonchev–Trinajstić information content (AvgIpc) is 2.62. The topological polar surface area (TPSA) is 26.3 Å². The molecule has 0 spiro atoms. The molecule has 0 N–H and O–H groups in total. The maximum Gasteiger partial charge on any atom is 0.305 e. The van der Waals surface area contributed by atoms with E-state index in [-0.39, 0.29) is 5.97 Å². The van der Waals surface area contributed by atoms with Crippen molar-refractivity contribution in [2.75, 3.05) is 6.61 Å². The molecule has 0 atom stereocenters. The van der Waals surface area contributed by atoms with Gasteiger partial charge in [0, 0.05) is 6.42 Å². The van der Waals surface area contributed by atoms with E-state index < -0.39 is 0 Å². The summed E-state index contributed by atoms with van der Waals surface area (Å²) < 4.78 is 5.48. The Hall–Kier alpha value is -0.790. The van der Waals surface area contributed by atoms with E-state index >= 15 is 0 Å². The summed E-state index contributed by atoms with van der Waals surface area (Å²) in [4.78, 5) is 11.9. The first-order valence-corrected chi connectivity index (χ1v) is 11.4. The lowest BCUT2D eigenvalue weighted by Crippen LogP contribution is -2.21. The summed E-state index contributed by atoms with van der Waals surface area (Å²) in [6.45, 7) is 11.2. The lowest BCUT2D eigenvalue weighted by molar-refractivity contribution is -0.144. The van der Waals surface area contributed by atoms with Crippen molar-refractivity contribution in [2.24, 2.45) is 5.41 Å². The third-order valence-electron chi connectivity index (χ3n) is 5.49.